The summed E-state index contributed by atoms with van der Waals surface area (Å²) >= 11 is 0. The van der Waals surface area contributed by atoms with Crippen molar-refractivity contribution < 1.29 is 56.2 Å². The monoisotopic (exact) mass is 376 g/mol. The van der Waals surface area contributed by atoms with Crippen molar-refractivity contribution in [2.45, 2.75) is 18.4 Å². The molecule has 1 aromatic heterocycles. The molecule has 0 fully saturated rings. The first-order valence-corrected chi connectivity index (χ1v) is 6.72. The van der Waals surface area contributed by atoms with Crippen LogP contribution < -0.4 is 4.68 Å². The van der Waals surface area contributed by atoms with Gasteiger partial charge in [-0.05, 0) is 15.8 Å². The number of alkyl halides is 6. The van der Waals surface area contributed by atoms with Crippen LogP contribution in [0.4, 0.5) is 51.5 Å². The average molecular weight is 376 g/mol. The van der Waals surface area contributed by atoms with Gasteiger partial charge in [0.1, 0.15) is 0 Å². The van der Waals surface area contributed by atoms with Gasteiger partial charge in [-0.1, -0.05) is 0 Å². The first-order valence-electron chi connectivity index (χ1n) is 4.69. The van der Waals surface area contributed by atoms with Gasteiger partial charge in [0.05, 0.1) is 6.20 Å². The van der Waals surface area contributed by atoms with Crippen LogP contribution in [-0.2, 0) is 6.05 Å². The normalized spacial score (nSPS) is 17.6. The molecule has 0 aliphatic carbocycles. The molecule has 0 saturated heterocycles. The Balaban J connectivity index is 0.000000534. The summed E-state index contributed by atoms with van der Waals surface area (Å²) in [5, 5.41) is 2.91. The van der Waals surface area contributed by atoms with Crippen molar-refractivity contribution in [2.75, 3.05) is 0 Å². The molecule has 0 aliphatic rings. The summed E-state index contributed by atoms with van der Waals surface area (Å²) in [6.45, 7) is 0. The minimum absolute atomic E-state index is 0.370. The van der Waals surface area contributed by atoms with Gasteiger partial charge in [0, 0.05) is 6.07 Å². The summed E-state index contributed by atoms with van der Waals surface area (Å²) in [6.07, 6.45) is -8.53. The Morgan fingerprint density at radius 2 is 1.27 bits per heavy atom. The molecule has 1 aromatic rings. The van der Waals surface area contributed by atoms with Gasteiger partial charge in [0.15, 0.2) is 0 Å². The van der Waals surface area contributed by atoms with Gasteiger partial charge in [-0.3, -0.25) is 0 Å². The van der Waals surface area contributed by atoms with E-state index in [-0.39, 0.29) is 4.68 Å². The first-order chi connectivity index (χ1) is 9.21. The molecular formula is C7H5F12N2P. The van der Waals surface area contributed by atoms with E-state index >= 15 is 0 Å². The zero-order valence-corrected chi connectivity index (χ0v) is 10.7. The molecule has 0 bridgehead atoms. The number of halogens is 12. The van der Waals surface area contributed by atoms with E-state index < -0.39 is 26.2 Å². The SMILES string of the molecule is FC(C(F)(F)F)C(F)(F)[n+]1ccccn1.F[P-](F)(F)(F)(F)F. The Kier molecular flexibility index (Phi) is 4.79. The van der Waals surface area contributed by atoms with Gasteiger partial charge in [-0.15, -0.1) is 8.78 Å². The van der Waals surface area contributed by atoms with Crippen LogP contribution in [0.3, 0.4) is 0 Å². The summed E-state index contributed by atoms with van der Waals surface area (Å²) < 4.78 is 132. The standard InChI is InChI=1S/C7H5F6N2.F6P/c8-5(6(9,10)11)7(12,13)15-4-2-1-3-14-15;1-7(2,3,4,5)6/h1-5H;/q+1;-1. The van der Waals surface area contributed by atoms with Crippen molar-refractivity contribution >= 4 is 7.81 Å². The van der Waals surface area contributed by atoms with Crippen molar-refractivity contribution in [2.24, 2.45) is 0 Å². The Bertz CT molecular complexity index is 479. The van der Waals surface area contributed by atoms with Crippen molar-refractivity contribution in [1.29, 1.82) is 0 Å². The second kappa shape index (κ2) is 5.10. The van der Waals surface area contributed by atoms with Crippen LogP contribution in [0, 0.1) is 0 Å². The van der Waals surface area contributed by atoms with Gasteiger partial charge < -0.3 is 0 Å². The van der Waals surface area contributed by atoms with Crippen LogP contribution in [0.2, 0.25) is 0 Å². The molecular weight excluding hydrogens is 371 g/mol. The van der Waals surface area contributed by atoms with Crippen LogP contribution in [0.25, 0.3) is 0 Å². The van der Waals surface area contributed by atoms with Crippen LogP contribution in [0.15, 0.2) is 24.5 Å². The van der Waals surface area contributed by atoms with E-state index in [1.54, 1.807) is 0 Å². The molecule has 1 unspecified atom stereocenters. The zero-order chi connectivity index (χ0) is 18.1. The molecule has 0 spiro atoms. The number of rotatable bonds is 2. The summed E-state index contributed by atoms with van der Waals surface area (Å²) in [7, 11) is -10.7. The van der Waals surface area contributed by atoms with E-state index in [0.717, 1.165) is 12.3 Å². The fourth-order valence-corrected chi connectivity index (χ4v) is 0.819. The summed E-state index contributed by atoms with van der Waals surface area (Å²) in [5.74, 6) is 0. The molecule has 1 rings (SSSR count). The second-order valence-electron chi connectivity index (χ2n) is 3.59. The molecule has 0 amide bonds. The molecule has 0 aromatic carbocycles. The molecule has 2 nitrogen and oxygen atoms in total. The molecule has 1 heterocycles. The van der Waals surface area contributed by atoms with Gasteiger partial charge in [0.25, 0.3) is 0 Å². The molecule has 15 heteroatoms. The molecule has 0 saturated carbocycles. The van der Waals surface area contributed by atoms with E-state index in [9.17, 15) is 51.5 Å². The van der Waals surface area contributed by atoms with Crippen LogP contribution >= 0.6 is 7.81 Å². The predicted octanol–water partition coefficient (Wildman–Crippen LogP) is 5.20. The van der Waals surface area contributed by atoms with Crippen LogP contribution in [-0.4, -0.2) is 17.4 Å². The number of aromatic nitrogens is 2. The van der Waals surface area contributed by atoms with Crippen molar-refractivity contribution in [3.63, 3.8) is 0 Å². The van der Waals surface area contributed by atoms with Gasteiger partial charge in [-0.25, -0.2) is 4.39 Å². The molecule has 132 valence electrons. The van der Waals surface area contributed by atoms with Gasteiger partial charge in [-0.2, -0.15) is 13.2 Å². The Labute approximate surface area is 113 Å². The Morgan fingerprint density at radius 3 is 1.55 bits per heavy atom. The summed E-state index contributed by atoms with van der Waals surface area (Å²) in [6, 6.07) is -2.52. The third kappa shape index (κ3) is 9.58. The van der Waals surface area contributed by atoms with E-state index in [4.69, 9.17) is 0 Å². The van der Waals surface area contributed by atoms with Gasteiger partial charge in [0.2, 0.25) is 6.20 Å². The molecule has 1 atom stereocenters. The maximum absolute atomic E-state index is 12.9. The van der Waals surface area contributed by atoms with E-state index in [1.165, 1.54) is 6.07 Å². The Hall–Kier alpha value is -1.33. The predicted molar refractivity (Wildman–Crippen MR) is 49.1 cm³/mol. The van der Waals surface area contributed by atoms with Gasteiger partial charge >= 0.3 is 51.4 Å². The third-order valence-corrected chi connectivity index (χ3v) is 1.51. The molecule has 22 heavy (non-hydrogen) atoms. The third-order valence-electron chi connectivity index (χ3n) is 1.51. The number of hydrogen-bond donors (Lipinski definition) is 0. The summed E-state index contributed by atoms with van der Waals surface area (Å²) in [5.41, 5.74) is 0. The fourth-order valence-electron chi connectivity index (χ4n) is 0.819. The topological polar surface area (TPSA) is 16.8 Å². The van der Waals surface area contributed by atoms with Crippen molar-refractivity contribution in [3.05, 3.63) is 24.5 Å². The first kappa shape index (κ1) is 20.7. The summed E-state index contributed by atoms with van der Waals surface area (Å²) in [4.78, 5) is 0. The van der Waals surface area contributed by atoms with E-state index in [1.807, 2.05) is 0 Å². The van der Waals surface area contributed by atoms with Crippen molar-refractivity contribution in [1.82, 2.24) is 5.10 Å². The minimum atomic E-state index is -10.7. The number of hydrogen-bond acceptors (Lipinski definition) is 1. The Morgan fingerprint density at radius 1 is 0.864 bits per heavy atom. The quantitative estimate of drug-likeness (QED) is 0.394. The second-order valence-corrected chi connectivity index (χ2v) is 5.51. The number of nitrogens with zero attached hydrogens (tertiary/aromatic N) is 2. The van der Waals surface area contributed by atoms with Crippen LogP contribution in [0.5, 0.6) is 0 Å². The maximum atomic E-state index is 12.9. The molecule has 0 N–H and O–H groups in total. The molecule has 0 aliphatic heterocycles. The average Bonchev–Trinajstić information content (AvgIpc) is 2.23. The fraction of sp³-hybridized carbons (Fsp3) is 0.429. The van der Waals surface area contributed by atoms with Crippen LogP contribution in [0.1, 0.15) is 0 Å². The zero-order valence-electron chi connectivity index (χ0n) is 9.76. The molecule has 0 radical (unpaired) electrons. The van der Waals surface area contributed by atoms with E-state index in [2.05, 4.69) is 5.10 Å². The van der Waals surface area contributed by atoms with Crippen molar-refractivity contribution in [3.8, 4) is 0 Å². The van der Waals surface area contributed by atoms with E-state index in [0.29, 0.717) is 6.20 Å².